The van der Waals surface area contributed by atoms with Crippen LogP contribution in [0, 0.1) is 0 Å². The first-order valence-corrected chi connectivity index (χ1v) is 9.90. The Kier molecular flexibility index (Phi) is 5.94. The van der Waals surface area contributed by atoms with Crippen molar-refractivity contribution in [1.82, 2.24) is 19.8 Å². The van der Waals surface area contributed by atoms with E-state index in [4.69, 9.17) is 14.7 Å². The highest BCUT2D eigenvalue weighted by molar-refractivity contribution is 5.88. The average molecular weight is 355 g/mol. The maximum Gasteiger partial charge on any atom is 0.145 e. The Morgan fingerprint density at radius 3 is 2.62 bits per heavy atom. The van der Waals surface area contributed by atoms with E-state index in [9.17, 15) is 0 Å². The highest BCUT2D eigenvalue weighted by Gasteiger charge is 2.15. The molecule has 4 rings (SSSR count). The molecule has 6 heteroatoms. The number of hydrogen-bond acceptors (Lipinski definition) is 6. The third kappa shape index (κ3) is 4.50. The van der Waals surface area contributed by atoms with Crippen LogP contribution in [0.3, 0.4) is 0 Å². The smallest absolute Gasteiger partial charge is 0.145 e. The molecule has 140 valence electrons. The number of ether oxygens (including phenoxy) is 1. The molecular weight excluding hydrogens is 326 g/mol. The largest absolute Gasteiger partial charge is 0.379 e. The molecule has 6 nitrogen and oxygen atoms in total. The van der Waals surface area contributed by atoms with Gasteiger partial charge in [-0.2, -0.15) is 0 Å². The fraction of sp³-hybridized carbons (Fsp3) is 0.600. The third-order valence-electron chi connectivity index (χ3n) is 5.26. The summed E-state index contributed by atoms with van der Waals surface area (Å²) in [5.74, 6) is 1.91. The van der Waals surface area contributed by atoms with Crippen molar-refractivity contribution in [3.8, 4) is 0 Å². The number of benzene rings is 1. The molecule has 26 heavy (non-hydrogen) atoms. The Balaban J connectivity index is 1.40. The summed E-state index contributed by atoms with van der Waals surface area (Å²) in [4.78, 5) is 14.6. The van der Waals surface area contributed by atoms with Gasteiger partial charge in [0, 0.05) is 25.0 Å². The first-order valence-electron chi connectivity index (χ1n) is 9.90. The molecule has 0 bridgehead atoms. The van der Waals surface area contributed by atoms with Gasteiger partial charge >= 0.3 is 0 Å². The van der Waals surface area contributed by atoms with Crippen LogP contribution in [-0.2, 0) is 11.3 Å². The highest BCUT2D eigenvalue weighted by atomic mass is 16.5. The van der Waals surface area contributed by atoms with Crippen molar-refractivity contribution in [2.24, 2.45) is 0 Å². The van der Waals surface area contributed by atoms with E-state index in [0.29, 0.717) is 0 Å². The van der Waals surface area contributed by atoms with E-state index in [1.165, 1.54) is 25.9 Å². The van der Waals surface area contributed by atoms with Crippen LogP contribution < -0.4 is 5.32 Å². The van der Waals surface area contributed by atoms with Gasteiger partial charge in [-0.3, -0.25) is 9.80 Å². The minimum absolute atomic E-state index is 0.854. The van der Waals surface area contributed by atoms with Crippen molar-refractivity contribution in [2.45, 2.75) is 25.8 Å². The zero-order chi connectivity index (χ0) is 17.6. The van der Waals surface area contributed by atoms with Gasteiger partial charge in [0.2, 0.25) is 0 Å². The number of likely N-dealkylation sites (tertiary alicyclic amines) is 1. The first-order chi connectivity index (χ1) is 12.9. The number of hydrogen-bond donors (Lipinski definition) is 1. The Morgan fingerprint density at radius 2 is 1.77 bits per heavy atom. The normalized spacial score (nSPS) is 19.2. The first kappa shape index (κ1) is 17.6. The predicted molar refractivity (Wildman–Crippen MR) is 104 cm³/mol. The molecule has 3 heterocycles. The molecule has 2 fully saturated rings. The zero-order valence-electron chi connectivity index (χ0n) is 15.5. The standard InChI is InChI=1S/C20H29N5O/c1-2-7-18-17(6-1)20(21-8-5-11-24-12-14-26-15-13-24)23-19(22-18)16-25-9-3-4-10-25/h1-2,6-7H,3-5,8-16H2,(H,21,22,23). The molecular formula is C20H29N5O. The lowest BCUT2D eigenvalue weighted by atomic mass is 10.2. The second-order valence-electron chi connectivity index (χ2n) is 7.22. The van der Waals surface area contributed by atoms with Crippen LogP contribution in [0.1, 0.15) is 25.1 Å². The Labute approximate surface area is 155 Å². The van der Waals surface area contributed by atoms with Crippen molar-refractivity contribution in [3.05, 3.63) is 30.1 Å². The van der Waals surface area contributed by atoms with Crippen molar-refractivity contribution in [3.63, 3.8) is 0 Å². The summed E-state index contributed by atoms with van der Waals surface area (Å²) >= 11 is 0. The second-order valence-corrected chi connectivity index (χ2v) is 7.22. The summed E-state index contributed by atoms with van der Waals surface area (Å²) in [5.41, 5.74) is 1.03. The van der Waals surface area contributed by atoms with Crippen LogP contribution in [0.25, 0.3) is 10.9 Å². The fourth-order valence-corrected chi connectivity index (χ4v) is 3.81. The topological polar surface area (TPSA) is 53.5 Å². The molecule has 0 saturated carbocycles. The van der Waals surface area contributed by atoms with Crippen LogP contribution >= 0.6 is 0 Å². The van der Waals surface area contributed by atoms with Crippen LogP contribution in [0.5, 0.6) is 0 Å². The summed E-state index contributed by atoms with van der Waals surface area (Å²) in [7, 11) is 0. The second kappa shape index (κ2) is 8.75. The molecule has 0 radical (unpaired) electrons. The number of aromatic nitrogens is 2. The Hall–Kier alpha value is -1.76. The molecule has 0 amide bonds. The number of fused-ring (bicyclic) bond motifs is 1. The van der Waals surface area contributed by atoms with Crippen molar-refractivity contribution >= 4 is 16.7 Å². The molecule has 1 aromatic carbocycles. The number of morpholine rings is 1. The minimum Gasteiger partial charge on any atom is -0.379 e. The number of nitrogens with one attached hydrogen (secondary N) is 1. The summed E-state index contributed by atoms with van der Waals surface area (Å²) in [6.45, 7) is 9.06. The summed E-state index contributed by atoms with van der Waals surface area (Å²) in [6, 6.07) is 8.31. The van der Waals surface area contributed by atoms with E-state index < -0.39 is 0 Å². The Bertz CT molecular complexity index is 710. The van der Waals surface area contributed by atoms with Crippen molar-refractivity contribution < 1.29 is 4.74 Å². The third-order valence-corrected chi connectivity index (χ3v) is 5.26. The van der Waals surface area contributed by atoms with E-state index in [1.54, 1.807) is 0 Å². The molecule has 0 atom stereocenters. The van der Waals surface area contributed by atoms with E-state index in [0.717, 1.165) is 74.9 Å². The molecule has 2 aliphatic heterocycles. The van der Waals surface area contributed by atoms with Gasteiger partial charge in [-0.05, 0) is 51.0 Å². The van der Waals surface area contributed by atoms with Gasteiger partial charge in [-0.25, -0.2) is 9.97 Å². The number of para-hydroxylation sites is 1. The number of rotatable bonds is 7. The van der Waals surface area contributed by atoms with Gasteiger partial charge in [-0.1, -0.05) is 12.1 Å². The van der Waals surface area contributed by atoms with Gasteiger partial charge in [0.1, 0.15) is 11.6 Å². The van der Waals surface area contributed by atoms with Crippen molar-refractivity contribution in [2.75, 3.05) is 57.8 Å². The Morgan fingerprint density at radius 1 is 0.962 bits per heavy atom. The molecule has 1 aromatic heterocycles. The number of anilines is 1. The average Bonchev–Trinajstić information content (AvgIpc) is 3.19. The summed E-state index contributed by atoms with van der Waals surface area (Å²) in [6.07, 6.45) is 3.69. The molecule has 2 aromatic rings. The van der Waals surface area contributed by atoms with E-state index in [1.807, 2.05) is 0 Å². The summed E-state index contributed by atoms with van der Waals surface area (Å²) < 4.78 is 5.41. The van der Waals surface area contributed by atoms with Gasteiger partial charge in [0.05, 0.1) is 25.3 Å². The predicted octanol–water partition coefficient (Wildman–Crippen LogP) is 2.36. The molecule has 1 N–H and O–H groups in total. The van der Waals surface area contributed by atoms with Crippen LogP contribution in [-0.4, -0.2) is 72.3 Å². The van der Waals surface area contributed by atoms with Crippen molar-refractivity contribution in [1.29, 1.82) is 0 Å². The van der Waals surface area contributed by atoms with Gasteiger partial charge < -0.3 is 10.1 Å². The van der Waals surface area contributed by atoms with Gasteiger partial charge in [-0.15, -0.1) is 0 Å². The number of nitrogens with zero attached hydrogens (tertiary/aromatic N) is 4. The zero-order valence-corrected chi connectivity index (χ0v) is 15.5. The lowest BCUT2D eigenvalue weighted by Crippen LogP contribution is -2.37. The quantitative estimate of drug-likeness (QED) is 0.770. The summed E-state index contributed by atoms with van der Waals surface area (Å²) in [5, 5.41) is 4.68. The maximum absolute atomic E-state index is 5.41. The van der Waals surface area contributed by atoms with E-state index in [2.05, 4.69) is 39.4 Å². The molecule has 2 aliphatic rings. The minimum atomic E-state index is 0.854. The fourth-order valence-electron chi connectivity index (χ4n) is 3.81. The van der Waals surface area contributed by atoms with Crippen LogP contribution in [0.4, 0.5) is 5.82 Å². The van der Waals surface area contributed by atoms with Crippen LogP contribution in [0.15, 0.2) is 24.3 Å². The lowest BCUT2D eigenvalue weighted by Gasteiger charge is -2.26. The molecule has 0 aliphatic carbocycles. The monoisotopic (exact) mass is 355 g/mol. The molecule has 0 unspecified atom stereocenters. The van der Waals surface area contributed by atoms with Gasteiger partial charge in [0.15, 0.2) is 0 Å². The van der Waals surface area contributed by atoms with Gasteiger partial charge in [0.25, 0.3) is 0 Å². The van der Waals surface area contributed by atoms with E-state index in [-0.39, 0.29) is 0 Å². The molecule has 2 saturated heterocycles. The maximum atomic E-state index is 5.41. The van der Waals surface area contributed by atoms with Crippen LogP contribution in [0.2, 0.25) is 0 Å². The molecule has 0 spiro atoms. The highest BCUT2D eigenvalue weighted by Crippen LogP contribution is 2.21. The van der Waals surface area contributed by atoms with E-state index >= 15 is 0 Å². The lowest BCUT2D eigenvalue weighted by molar-refractivity contribution is 0.0378. The SMILES string of the molecule is c1ccc2c(NCCCN3CCOCC3)nc(CN3CCCC3)nc2c1.